The standard InChI is InChI=1S/C23H36O6/c1-3-15-6-10-17(11-7-15)23(25)29-19-13-27-20-18(12-26-21(19)20)28-22(24)16-8-4-14(2)5-9-16/h14-21H,3-13H2,1-2H3. The number of fused-ring (bicyclic) bond motifs is 1. The SMILES string of the molecule is CCC1CCC(C(=O)OC2COC3C(OC(=O)C4CCC(C)CC4)COC23)CC1. The van der Waals surface area contributed by atoms with Crippen LogP contribution >= 0.6 is 0 Å². The monoisotopic (exact) mass is 408 g/mol. The number of carbonyl (C=O) groups excluding carboxylic acids is 2. The highest BCUT2D eigenvalue weighted by Crippen LogP contribution is 2.35. The maximum absolute atomic E-state index is 12.6. The molecule has 29 heavy (non-hydrogen) atoms. The summed E-state index contributed by atoms with van der Waals surface area (Å²) in [5.41, 5.74) is 0. The predicted octanol–water partition coefficient (Wildman–Crippen LogP) is 3.65. The molecule has 0 aromatic rings. The van der Waals surface area contributed by atoms with Gasteiger partial charge in [-0.2, -0.15) is 0 Å². The molecule has 6 heteroatoms. The first kappa shape index (κ1) is 21.1. The van der Waals surface area contributed by atoms with Crippen molar-refractivity contribution in [3.63, 3.8) is 0 Å². The van der Waals surface area contributed by atoms with Gasteiger partial charge in [0.05, 0.1) is 25.0 Å². The van der Waals surface area contributed by atoms with E-state index in [1.54, 1.807) is 0 Å². The maximum Gasteiger partial charge on any atom is 0.309 e. The number of hydrogen-bond acceptors (Lipinski definition) is 6. The van der Waals surface area contributed by atoms with Crippen molar-refractivity contribution in [1.29, 1.82) is 0 Å². The second kappa shape index (κ2) is 9.34. The van der Waals surface area contributed by atoms with E-state index in [0.29, 0.717) is 19.1 Å². The van der Waals surface area contributed by atoms with Crippen molar-refractivity contribution in [3.05, 3.63) is 0 Å². The van der Waals surface area contributed by atoms with E-state index in [2.05, 4.69) is 13.8 Å². The molecule has 4 rings (SSSR count). The first-order valence-electron chi connectivity index (χ1n) is 11.7. The van der Waals surface area contributed by atoms with Crippen molar-refractivity contribution in [2.45, 2.75) is 96.1 Å². The van der Waals surface area contributed by atoms with Gasteiger partial charge in [-0.05, 0) is 63.2 Å². The predicted molar refractivity (Wildman–Crippen MR) is 106 cm³/mol. The van der Waals surface area contributed by atoms with Crippen LogP contribution < -0.4 is 0 Å². The van der Waals surface area contributed by atoms with E-state index in [4.69, 9.17) is 18.9 Å². The fourth-order valence-electron chi connectivity index (χ4n) is 5.42. The third kappa shape index (κ3) is 4.79. The van der Waals surface area contributed by atoms with Gasteiger partial charge in [-0.15, -0.1) is 0 Å². The maximum atomic E-state index is 12.6. The number of ether oxygens (including phenoxy) is 4. The van der Waals surface area contributed by atoms with Crippen LogP contribution in [-0.2, 0) is 28.5 Å². The molecular weight excluding hydrogens is 372 g/mol. The van der Waals surface area contributed by atoms with Gasteiger partial charge < -0.3 is 18.9 Å². The Morgan fingerprint density at radius 1 is 0.759 bits per heavy atom. The lowest BCUT2D eigenvalue weighted by atomic mass is 9.81. The van der Waals surface area contributed by atoms with E-state index < -0.39 is 12.2 Å². The summed E-state index contributed by atoms with van der Waals surface area (Å²) in [4.78, 5) is 25.2. The fraction of sp³-hybridized carbons (Fsp3) is 0.913. The zero-order valence-corrected chi connectivity index (χ0v) is 17.8. The molecule has 2 heterocycles. The van der Waals surface area contributed by atoms with Crippen molar-refractivity contribution in [2.75, 3.05) is 13.2 Å². The largest absolute Gasteiger partial charge is 0.457 e. The van der Waals surface area contributed by atoms with E-state index >= 15 is 0 Å². The molecule has 2 saturated carbocycles. The topological polar surface area (TPSA) is 71.1 Å². The molecule has 0 bridgehead atoms. The van der Waals surface area contributed by atoms with Gasteiger partial charge >= 0.3 is 11.9 Å². The van der Waals surface area contributed by atoms with E-state index in [0.717, 1.165) is 57.3 Å². The first-order valence-corrected chi connectivity index (χ1v) is 11.7. The van der Waals surface area contributed by atoms with Crippen molar-refractivity contribution < 1.29 is 28.5 Å². The van der Waals surface area contributed by atoms with Gasteiger partial charge in [-0.25, -0.2) is 0 Å². The van der Waals surface area contributed by atoms with Crippen molar-refractivity contribution in [1.82, 2.24) is 0 Å². The lowest BCUT2D eigenvalue weighted by Crippen LogP contribution is -2.38. The first-order chi connectivity index (χ1) is 14.0. The lowest BCUT2D eigenvalue weighted by Gasteiger charge is -2.27. The zero-order valence-electron chi connectivity index (χ0n) is 17.8. The van der Waals surface area contributed by atoms with Gasteiger partial charge in [0.25, 0.3) is 0 Å². The molecule has 0 aromatic carbocycles. The average molecular weight is 409 g/mol. The minimum absolute atomic E-state index is 0.000529. The van der Waals surface area contributed by atoms with Gasteiger partial charge in [0.1, 0.15) is 12.2 Å². The highest BCUT2D eigenvalue weighted by atomic mass is 16.7. The number of hydrogen-bond donors (Lipinski definition) is 0. The molecule has 4 atom stereocenters. The number of esters is 2. The Morgan fingerprint density at radius 2 is 1.21 bits per heavy atom. The molecule has 6 nitrogen and oxygen atoms in total. The van der Waals surface area contributed by atoms with E-state index in [1.807, 2.05) is 0 Å². The zero-order chi connectivity index (χ0) is 20.4. The Hall–Kier alpha value is -1.14. The van der Waals surface area contributed by atoms with Gasteiger partial charge in [0.15, 0.2) is 12.2 Å². The molecule has 0 radical (unpaired) electrons. The Kier molecular flexibility index (Phi) is 6.80. The Balaban J connectivity index is 1.24. The summed E-state index contributed by atoms with van der Waals surface area (Å²) in [6.45, 7) is 5.09. The van der Waals surface area contributed by atoms with Crippen LogP contribution in [-0.4, -0.2) is 49.6 Å². The molecule has 0 amide bonds. The van der Waals surface area contributed by atoms with Gasteiger partial charge in [-0.3, -0.25) is 9.59 Å². The van der Waals surface area contributed by atoms with Crippen LogP contribution in [0.4, 0.5) is 0 Å². The third-order valence-electron chi connectivity index (χ3n) is 7.60. The van der Waals surface area contributed by atoms with Crippen molar-refractivity contribution >= 4 is 11.9 Å². The molecule has 4 fully saturated rings. The smallest absolute Gasteiger partial charge is 0.309 e. The molecule has 4 unspecified atom stereocenters. The Bertz CT molecular complexity index is 576. The molecule has 4 aliphatic rings. The summed E-state index contributed by atoms with van der Waals surface area (Å²) in [6.07, 6.45) is 7.79. The van der Waals surface area contributed by atoms with Crippen LogP contribution in [0.5, 0.6) is 0 Å². The second-order valence-corrected chi connectivity index (χ2v) is 9.63. The quantitative estimate of drug-likeness (QED) is 0.647. The average Bonchev–Trinajstić information content (AvgIpc) is 3.32. The Labute approximate surface area is 174 Å². The third-order valence-corrected chi connectivity index (χ3v) is 7.60. The van der Waals surface area contributed by atoms with Crippen molar-refractivity contribution in [2.24, 2.45) is 23.7 Å². The van der Waals surface area contributed by atoms with E-state index in [1.165, 1.54) is 6.42 Å². The van der Waals surface area contributed by atoms with E-state index in [9.17, 15) is 9.59 Å². The molecular formula is C23H36O6. The van der Waals surface area contributed by atoms with Gasteiger partial charge in [-0.1, -0.05) is 20.3 Å². The van der Waals surface area contributed by atoms with Gasteiger partial charge in [0, 0.05) is 0 Å². The molecule has 0 spiro atoms. The normalized spacial score (nSPS) is 42.3. The number of rotatable bonds is 5. The Morgan fingerprint density at radius 3 is 1.66 bits per heavy atom. The van der Waals surface area contributed by atoms with Crippen LogP contribution in [0.15, 0.2) is 0 Å². The highest BCUT2D eigenvalue weighted by molar-refractivity contribution is 5.73. The minimum atomic E-state index is -0.393. The van der Waals surface area contributed by atoms with Crippen LogP contribution in [0.3, 0.4) is 0 Å². The molecule has 0 N–H and O–H groups in total. The molecule has 2 aliphatic carbocycles. The number of carbonyl (C=O) groups is 2. The van der Waals surface area contributed by atoms with Crippen LogP contribution in [0, 0.1) is 23.7 Å². The van der Waals surface area contributed by atoms with Gasteiger partial charge in [0.2, 0.25) is 0 Å². The molecule has 2 aliphatic heterocycles. The summed E-state index contributed by atoms with van der Waals surface area (Å²) >= 11 is 0. The summed E-state index contributed by atoms with van der Waals surface area (Å²) < 4.78 is 23.3. The molecule has 2 saturated heterocycles. The molecule has 0 aromatic heterocycles. The van der Waals surface area contributed by atoms with Crippen LogP contribution in [0.25, 0.3) is 0 Å². The van der Waals surface area contributed by atoms with Crippen LogP contribution in [0.1, 0.15) is 71.6 Å². The summed E-state index contributed by atoms with van der Waals surface area (Å²) in [7, 11) is 0. The highest BCUT2D eigenvalue weighted by Gasteiger charge is 2.51. The summed E-state index contributed by atoms with van der Waals surface area (Å²) in [5.74, 6) is 1.21. The minimum Gasteiger partial charge on any atom is -0.457 e. The van der Waals surface area contributed by atoms with E-state index in [-0.39, 0.29) is 36.0 Å². The fourth-order valence-corrected chi connectivity index (χ4v) is 5.42. The molecule has 164 valence electrons. The second-order valence-electron chi connectivity index (χ2n) is 9.63. The van der Waals surface area contributed by atoms with Crippen molar-refractivity contribution in [3.8, 4) is 0 Å². The summed E-state index contributed by atoms with van der Waals surface area (Å²) in [6, 6.07) is 0. The van der Waals surface area contributed by atoms with Crippen LogP contribution in [0.2, 0.25) is 0 Å². The summed E-state index contributed by atoms with van der Waals surface area (Å²) in [5, 5.41) is 0. The lowest BCUT2D eigenvalue weighted by molar-refractivity contribution is -0.161.